The minimum atomic E-state index is -1.04. The topological polar surface area (TPSA) is 88.5 Å². The van der Waals surface area contributed by atoms with Gasteiger partial charge in [-0.2, -0.15) is 0 Å². The fourth-order valence-corrected chi connectivity index (χ4v) is 2.34. The second-order valence-corrected chi connectivity index (χ2v) is 5.31. The molecular weight excluding hydrogens is 330 g/mol. The first-order chi connectivity index (χ1) is 9.41. The van der Waals surface area contributed by atoms with Crippen LogP contribution in [0.2, 0.25) is 15.1 Å². The van der Waals surface area contributed by atoms with E-state index in [1.807, 2.05) is 0 Å². The zero-order valence-electron chi connectivity index (χ0n) is 9.90. The number of hydrogen-bond donors (Lipinski definition) is 2. The molecule has 20 heavy (non-hydrogen) atoms. The maximum atomic E-state index is 12.0. The van der Waals surface area contributed by atoms with Crippen molar-refractivity contribution < 1.29 is 19.4 Å². The first-order valence-electron chi connectivity index (χ1n) is 5.52. The smallest absolute Gasteiger partial charge is 0.311 e. The first-order valence-corrected chi connectivity index (χ1v) is 6.66. The lowest BCUT2D eigenvalue weighted by atomic mass is 10.0. The van der Waals surface area contributed by atoms with Gasteiger partial charge in [0.2, 0.25) is 0 Å². The largest absolute Gasteiger partial charge is 0.481 e. The van der Waals surface area contributed by atoms with Gasteiger partial charge in [0.1, 0.15) is 11.6 Å². The Hall–Kier alpha value is -1.08. The second-order valence-electron chi connectivity index (χ2n) is 4.14. The van der Waals surface area contributed by atoms with Crippen LogP contribution in [0, 0.1) is 5.92 Å². The van der Waals surface area contributed by atoms with Gasteiger partial charge in [0.05, 0.1) is 34.3 Å². The zero-order chi connectivity index (χ0) is 14.9. The Morgan fingerprint density at radius 1 is 1.30 bits per heavy atom. The summed E-state index contributed by atoms with van der Waals surface area (Å²) in [7, 11) is 0. The van der Waals surface area contributed by atoms with Crippen LogP contribution in [0.5, 0.6) is 0 Å². The summed E-state index contributed by atoms with van der Waals surface area (Å²) >= 11 is 17.4. The van der Waals surface area contributed by atoms with E-state index in [-0.39, 0.29) is 34.0 Å². The van der Waals surface area contributed by atoms with Gasteiger partial charge in [0, 0.05) is 6.20 Å². The number of aromatic nitrogens is 1. The molecule has 0 aliphatic carbocycles. The molecule has 0 radical (unpaired) electrons. The molecule has 108 valence electrons. The predicted octanol–water partition coefficient (Wildman–Crippen LogP) is 1.87. The molecule has 0 bridgehead atoms. The van der Waals surface area contributed by atoms with Crippen LogP contribution in [0.25, 0.3) is 0 Å². The summed E-state index contributed by atoms with van der Waals surface area (Å²) in [5.41, 5.74) is -0.114. The highest BCUT2D eigenvalue weighted by Crippen LogP contribution is 2.31. The highest BCUT2D eigenvalue weighted by atomic mass is 35.5. The Morgan fingerprint density at radius 3 is 2.65 bits per heavy atom. The van der Waals surface area contributed by atoms with Crippen molar-refractivity contribution in [1.82, 2.24) is 10.3 Å². The monoisotopic (exact) mass is 338 g/mol. The molecule has 2 N–H and O–H groups in total. The number of nitrogens with zero attached hydrogens (tertiary/aromatic N) is 1. The van der Waals surface area contributed by atoms with Crippen LogP contribution in [0.4, 0.5) is 0 Å². The summed E-state index contributed by atoms with van der Waals surface area (Å²) in [5, 5.41) is 11.6. The molecule has 0 saturated carbocycles. The van der Waals surface area contributed by atoms with Crippen molar-refractivity contribution in [2.75, 3.05) is 13.2 Å². The van der Waals surface area contributed by atoms with E-state index in [1.165, 1.54) is 6.20 Å². The van der Waals surface area contributed by atoms with Gasteiger partial charge in [-0.15, -0.1) is 0 Å². The number of ether oxygens (including phenoxy) is 1. The summed E-state index contributed by atoms with van der Waals surface area (Å²) in [6, 6.07) is -0.646. The van der Waals surface area contributed by atoms with E-state index >= 15 is 0 Å². The van der Waals surface area contributed by atoms with Gasteiger partial charge in [-0.05, 0) is 0 Å². The first kappa shape index (κ1) is 15.3. The molecule has 6 nitrogen and oxygen atoms in total. The van der Waals surface area contributed by atoms with Crippen molar-refractivity contribution in [2.45, 2.75) is 6.04 Å². The summed E-state index contributed by atoms with van der Waals surface area (Å²) in [5.74, 6) is -2.48. The Kier molecular flexibility index (Phi) is 4.70. The summed E-state index contributed by atoms with van der Waals surface area (Å²) < 4.78 is 5.04. The van der Waals surface area contributed by atoms with Gasteiger partial charge < -0.3 is 15.2 Å². The number of carboxylic acid groups (broad SMARTS) is 1. The molecule has 2 rings (SSSR count). The molecular formula is C11H9Cl3N2O4. The Morgan fingerprint density at radius 2 is 2.00 bits per heavy atom. The summed E-state index contributed by atoms with van der Waals surface area (Å²) in [6.07, 6.45) is 1.20. The average Bonchev–Trinajstić information content (AvgIpc) is 2.84. The molecule has 1 saturated heterocycles. The number of pyridine rings is 1. The van der Waals surface area contributed by atoms with Gasteiger partial charge in [-0.3, -0.25) is 9.59 Å². The fraction of sp³-hybridized carbons (Fsp3) is 0.364. The number of carbonyl (C=O) groups is 2. The van der Waals surface area contributed by atoms with E-state index in [0.29, 0.717) is 0 Å². The Balaban J connectivity index is 2.17. The molecule has 2 atom stereocenters. The second kappa shape index (κ2) is 6.13. The van der Waals surface area contributed by atoms with Gasteiger partial charge in [-0.1, -0.05) is 34.8 Å². The molecule has 1 amide bonds. The number of carboxylic acids is 1. The van der Waals surface area contributed by atoms with E-state index in [4.69, 9.17) is 44.6 Å². The average molecular weight is 340 g/mol. The number of amides is 1. The molecule has 1 aromatic rings. The number of carbonyl (C=O) groups excluding carboxylic acids is 1. The van der Waals surface area contributed by atoms with E-state index in [9.17, 15) is 9.59 Å². The van der Waals surface area contributed by atoms with Gasteiger partial charge >= 0.3 is 5.97 Å². The van der Waals surface area contributed by atoms with Crippen LogP contribution in [0.3, 0.4) is 0 Å². The van der Waals surface area contributed by atoms with Crippen molar-refractivity contribution in [1.29, 1.82) is 0 Å². The van der Waals surface area contributed by atoms with E-state index < -0.39 is 23.8 Å². The summed E-state index contributed by atoms with van der Waals surface area (Å²) in [6.45, 7) is 0.157. The van der Waals surface area contributed by atoms with Crippen molar-refractivity contribution in [3.63, 3.8) is 0 Å². The molecule has 1 fully saturated rings. The lowest BCUT2D eigenvalue weighted by molar-refractivity contribution is -0.142. The van der Waals surface area contributed by atoms with Crippen LogP contribution >= 0.6 is 34.8 Å². The van der Waals surface area contributed by atoms with Crippen LogP contribution < -0.4 is 5.32 Å². The third kappa shape index (κ3) is 2.98. The molecule has 0 spiro atoms. The molecule has 0 aromatic carbocycles. The van der Waals surface area contributed by atoms with Crippen molar-refractivity contribution >= 4 is 46.7 Å². The Bertz CT molecular complexity index is 567. The van der Waals surface area contributed by atoms with Crippen LogP contribution in [-0.4, -0.2) is 41.2 Å². The minimum Gasteiger partial charge on any atom is -0.481 e. The highest BCUT2D eigenvalue weighted by Gasteiger charge is 2.35. The van der Waals surface area contributed by atoms with Crippen LogP contribution in [0.15, 0.2) is 6.20 Å². The standard InChI is InChI=1S/C11H9Cl3N2O4/c12-5-1-15-9(8(14)7(5)13)10(17)16-6-3-20-2-4(6)11(18)19/h1,4,6H,2-3H2,(H,16,17)(H,18,19). The normalized spacial score (nSPS) is 21.8. The predicted molar refractivity (Wildman–Crippen MR) is 72.5 cm³/mol. The molecule has 2 unspecified atom stereocenters. The van der Waals surface area contributed by atoms with Crippen molar-refractivity contribution in [2.24, 2.45) is 5.92 Å². The van der Waals surface area contributed by atoms with Crippen LogP contribution in [-0.2, 0) is 9.53 Å². The van der Waals surface area contributed by atoms with Crippen molar-refractivity contribution in [3.8, 4) is 0 Å². The quantitative estimate of drug-likeness (QED) is 0.877. The third-order valence-corrected chi connectivity index (χ3v) is 4.09. The number of hydrogen-bond acceptors (Lipinski definition) is 4. The van der Waals surface area contributed by atoms with Gasteiger partial charge in [-0.25, -0.2) is 4.98 Å². The fourth-order valence-electron chi connectivity index (χ4n) is 1.78. The molecule has 1 aromatic heterocycles. The Labute approximate surface area is 129 Å². The summed E-state index contributed by atoms with van der Waals surface area (Å²) in [4.78, 5) is 26.8. The van der Waals surface area contributed by atoms with E-state index in [0.717, 1.165) is 0 Å². The lowest BCUT2D eigenvalue weighted by Gasteiger charge is -2.16. The minimum absolute atomic E-state index is 0.0194. The highest BCUT2D eigenvalue weighted by molar-refractivity contribution is 6.48. The number of halogens is 3. The third-order valence-electron chi connectivity index (χ3n) is 2.85. The maximum Gasteiger partial charge on any atom is 0.311 e. The maximum absolute atomic E-state index is 12.0. The number of aliphatic carboxylic acids is 1. The number of nitrogens with one attached hydrogen (secondary N) is 1. The van der Waals surface area contributed by atoms with Gasteiger partial charge in [0.25, 0.3) is 5.91 Å². The van der Waals surface area contributed by atoms with E-state index in [2.05, 4.69) is 10.3 Å². The molecule has 1 aliphatic rings. The molecule has 1 aliphatic heterocycles. The van der Waals surface area contributed by atoms with Crippen molar-refractivity contribution in [3.05, 3.63) is 27.0 Å². The van der Waals surface area contributed by atoms with Crippen LogP contribution in [0.1, 0.15) is 10.5 Å². The SMILES string of the molecule is O=C(NC1COCC1C(=O)O)c1ncc(Cl)c(Cl)c1Cl. The zero-order valence-corrected chi connectivity index (χ0v) is 12.2. The number of rotatable bonds is 3. The van der Waals surface area contributed by atoms with E-state index in [1.54, 1.807) is 0 Å². The molecule has 2 heterocycles. The van der Waals surface area contributed by atoms with Gasteiger partial charge in [0.15, 0.2) is 0 Å². The lowest BCUT2D eigenvalue weighted by Crippen LogP contribution is -2.43. The molecule has 9 heteroatoms.